The number of halogens is 2. The maximum atomic E-state index is 12.9. The number of nitrogen functional groups attached to an aromatic ring is 1. The van der Waals surface area contributed by atoms with E-state index in [1.165, 1.54) is 23.5 Å². The monoisotopic (exact) mass is 270 g/mol. The van der Waals surface area contributed by atoms with Gasteiger partial charge in [0.15, 0.2) is 0 Å². The van der Waals surface area contributed by atoms with Crippen LogP contribution in [0.1, 0.15) is 17.8 Å². The Hall–Kier alpha value is -1.26. The van der Waals surface area contributed by atoms with Crippen molar-refractivity contribution in [1.82, 2.24) is 0 Å². The number of anilines is 2. The molecule has 5 heteroatoms. The summed E-state index contributed by atoms with van der Waals surface area (Å²) in [5.41, 5.74) is 6.86. The van der Waals surface area contributed by atoms with Crippen molar-refractivity contribution in [3.63, 3.8) is 0 Å². The Morgan fingerprint density at radius 2 is 2.12 bits per heavy atom. The molecule has 0 bridgehead atoms. The quantitative estimate of drug-likeness (QED) is 0.816. The van der Waals surface area contributed by atoms with Gasteiger partial charge in [0.1, 0.15) is 5.82 Å². The largest absolute Gasteiger partial charge is 0.397 e. The van der Waals surface area contributed by atoms with E-state index in [-0.39, 0.29) is 11.9 Å². The van der Waals surface area contributed by atoms with E-state index < -0.39 is 0 Å². The summed E-state index contributed by atoms with van der Waals surface area (Å²) in [7, 11) is 0. The van der Waals surface area contributed by atoms with Crippen LogP contribution in [0.3, 0.4) is 0 Å². The van der Waals surface area contributed by atoms with Gasteiger partial charge in [-0.2, -0.15) is 0 Å². The summed E-state index contributed by atoms with van der Waals surface area (Å²) in [6.45, 7) is 2.00. The molecule has 2 nitrogen and oxygen atoms in total. The molecule has 0 aliphatic heterocycles. The molecule has 0 aliphatic rings. The van der Waals surface area contributed by atoms with Gasteiger partial charge in [-0.15, -0.1) is 11.3 Å². The molecule has 1 heterocycles. The van der Waals surface area contributed by atoms with Gasteiger partial charge in [0.05, 0.1) is 21.8 Å². The molecule has 0 saturated carbocycles. The molecule has 0 fully saturated rings. The molecule has 3 N–H and O–H groups in total. The van der Waals surface area contributed by atoms with Crippen LogP contribution >= 0.6 is 22.9 Å². The van der Waals surface area contributed by atoms with Gasteiger partial charge in [-0.1, -0.05) is 11.6 Å². The maximum absolute atomic E-state index is 12.9. The van der Waals surface area contributed by atoms with Crippen molar-refractivity contribution in [3.05, 3.63) is 45.4 Å². The summed E-state index contributed by atoms with van der Waals surface area (Å²) in [6, 6.07) is 8.22. The lowest BCUT2D eigenvalue weighted by Crippen LogP contribution is -2.07. The zero-order valence-corrected chi connectivity index (χ0v) is 10.8. The average Bonchev–Trinajstić information content (AvgIpc) is 2.69. The fourth-order valence-electron chi connectivity index (χ4n) is 1.53. The number of benzene rings is 1. The molecule has 1 aromatic carbocycles. The number of rotatable bonds is 3. The lowest BCUT2D eigenvalue weighted by molar-refractivity contribution is 0.628. The highest BCUT2D eigenvalue weighted by Gasteiger charge is 2.09. The normalized spacial score (nSPS) is 12.4. The summed E-state index contributed by atoms with van der Waals surface area (Å²) < 4.78 is 13.6. The molecule has 0 radical (unpaired) electrons. The zero-order chi connectivity index (χ0) is 12.4. The first-order valence-electron chi connectivity index (χ1n) is 5.13. The second-order valence-corrected chi connectivity index (χ2v) is 5.49. The first kappa shape index (κ1) is 12.2. The van der Waals surface area contributed by atoms with Gasteiger partial charge in [-0.05, 0) is 37.3 Å². The minimum Gasteiger partial charge on any atom is -0.397 e. The lowest BCUT2D eigenvalue weighted by Gasteiger charge is -2.15. The number of nitrogens with one attached hydrogen (secondary N) is 1. The zero-order valence-electron chi connectivity index (χ0n) is 9.21. The van der Waals surface area contributed by atoms with E-state index in [2.05, 4.69) is 5.32 Å². The first-order chi connectivity index (χ1) is 8.06. The van der Waals surface area contributed by atoms with Gasteiger partial charge >= 0.3 is 0 Å². The molecule has 0 amide bonds. The van der Waals surface area contributed by atoms with Crippen LogP contribution in [0.5, 0.6) is 0 Å². The van der Waals surface area contributed by atoms with Crippen molar-refractivity contribution in [2.75, 3.05) is 11.1 Å². The van der Waals surface area contributed by atoms with Crippen LogP contribution in [-0.2, 0) is 0 Å². The molecule has 0 spiro atoms. The second-order valence-electron chi connectivity index (χ2n) is 3.74. The predicted molar refractivity (Wildman–Crippen MR) is 72.2 cm³/mol. The van der Waals surface area contributed by atoms with Crippen molar-refractivity contribution >= 4 is 34.3 Å². The van der Waals surface area contributed by atoms with Crippen LogP contribution in [0, 0.1) is 5.82 Å². The molecular formula is C12H12ClFN2S. The van der Waals surface area contributed by atoms with E-state index in [4.69, 9.17) is 17.3 Å². The van der Waals surface area contributed by atoms with Crippen LogP contribution in [0.15, 0.2) is 30.3 Å². The summed E-state index contributed by atoms with van der Waals surface area (Å²) in [6.07, 6.45) is 0. The Morgan fingerprint density at radius 3 is 2.71 bits per heavy atom. The molecule has 1 atom stereocenters. The SMILES string of the molecule is CC(Nc1ccc(F)cc1N)c1ccc(Cl)s1. The molecule has 1 unspecified atom stereocenters. The van der Waals surface area contributed by atoms with Crippen LogP contribution in [0.4, 0.5) is 15.8 Å². The maximum Gasteiger partial charge on any atom is 0.125 e. The lowest BCUT2D eigenvalue weighted by atomic mass is 10.2. The number of hydrogen-bond acceptors (Lipinski definition) is 3. The molecule has 2 aromatic rings. The molecule has 1 aromatic heterocycles. The third-order valence-electron chi connectivity index (χ3n) is 2.41. The van der Waals surface area contributed by atoms with E-state index in [1.807, 2.05) is 19.1 Å². The molecule has 0 aliphatic carbocycles. The Bertz CT molecular complexity index is 527. The number of thiophene rings is 1. The van der Waals surface area contributed by atoms with E-state index in [0.29, 0.717) is 5.69 Å². The van der Waals surface area contributed by atoms with Crippen molar-refractivity contribution in [2.45, 2.75) is 13.0 Å². The third kappa shape index (κ3) is 2.90. The first-order valence-corrected chi connectivity index (χ1v) is 6.32. The van der Waals surface area contributed by atoms with Gasteiger partial charge in [0, 0.05) is 4.88 Å². The van der Waals surface area contributed by atoms with Crippen molar-refractivity contribution in [1.29, 1.82) is 0 Å². The summed E-state index contributed by atoms with van der Waals surface area (Å²) in [4.78, 5) is 1.11. The van der Waals surface area contributed by atoms with E-state index in [0.717, 1.165) is 14.9 Å². The summed E-state index contributed by atoms with van der Waals surface area (Å²) >= 11 is 7.39. The molecule has 0 saturated heterocycles. The highest BCUT2D eigenvalue weighted by atomic mass is 35.5. The van der Waals surface area contributed by atoms with Crippen molar-refractivity contribution in [2.24, 2.45) is 0 Å². The second kappa shape index (κ2) is 4.94. The Kier molecular flexibility index (Phi) is 3.54. The van der Waals surface area contributed by atoms with Gasteiger partial charge in [0.2, 0.25) is 0 Å². The number of nitrogens with two attached hydrogens (primary N) is 1. The third-order valence-corrected chi connectivity index (χ3v) is 3.82. The van der Waals surface area contributed by atoms with Crippen molar-refractivity contribution in [3.8, 4) is 0 Å². The van der Waals surface area contributed by atoms with E-state index in [9.17, 15) is 4.39 Å². The Morgan fingerprint density at radius 1 is 1.35 bits per heavy atom. The van der Waals surface area contributed by atoms with Gasteiger partial charge < -0.3 is 11.1 Å². The van der Waals surface area contributed by atoms with Crippen LogP contribution < -0.4 is 11.1 Å². The summed E-state index contributed by atoms with van der Waals surface area (Å²) in [5, 5.41) is 3.23. The molecule has 90 valence electrons. The highest BCUT2D eigenvalue weighted by Crippen LogP contribution is 2.30. The Balaban J connectivity index is 2.15. The van der Waals surface area contributed by atoms with E-state index >= 15 is 0 Å². The number of hydrogen-bond donors (Lipinski definition) is 2. The fraction of sp³-hybridized carbons (Fsp3) is 0.167. The Labute approximate surface area is 108 Å². The summed E-state index contributed by atoms with van der Waals surface area (Å²) in [5.74, 6) is -0.333. The van der Waals surface area contributed by atoms with Gasteiger partial charge in [-0.25, -0.2) is 4.39 Å². The van der Waals surface area contributed by atoms with E-state index in [1.54, 1.807) is 6.07 Å². The smallest absolute Gasteiger partial charge is 0.125 e. The van der Waals surface area contributed by atoms with Crippen LogP contribution in [-0.4, -0.2) is 0 Å². The fourth-order valence-corrected chi connectivity index (χ4v) is 2.59. The van der Waals surface area contributed by atoms with Crippen LogP contribution in [0.2, 0.25) is 4.34 Å². The molecular weight excluding hydrogens is 259 g/mol. The highest BCUT2D eigenvalue weighted by molar-refractivity contribution is 7.16. The molecule has 17 heavy (non-hydrogen) atoms. The van der Waals surface area contributed by atoms with Gasteiger partial charge in [-0.3, -0.25) is 0 Å². The molecule has 2 rings (SSSR count). The minimum absolute atomic E-state index is 0.0836. The van der Waals surface area contributed by atoms with Crippen molar-refractivity contribution < 1.29 is 4.39 Å². The van der Waals surface area contributed by atoms with Gasteiger partial charge in [0.25, 0.3) is 0 Å². The van der Waals surface area contributed by atoms with Crippen LogP contribution in [0.25, 0.3) is 0 Å². The minimum atomic E-state index is -0.333. The average molecular weight is 271 g/mol. The standard InChI is InChI=1S/C12H12ClFN2S/c1-7(11-4-5-12(13)17-11)16-10-3-2-8(14)6-9(10)15/h2-7,16H,15H2,1H3. The predicted octanol–water partition coefficient (Wildman–Crippen LogP) is 4.30. The topological polar surface area (TPSA) is 38.0 Å².